The second-order valence-electron chi connectivity index (χ2n) is 7.38. The van der Waals surface area contributed by atoms with Crippen molar-refractivity contribution in [2.75, 3.05) is 23.9 Å². The summed E-state index contributed by atoms with van der Waals surface area (Å²) in [6.07, 6.45) is 0. The zero-order valence-electron chi connectivity index (χ0n) is 19.2. The topological polar surface area (TPSA) is 162 Å². The number of nitrogens with zero attached hydrogens (tertiary/aromatic N) is 3. The fourth-order valence-electron chi connectivity index (χ4n) is 3.21. The first-order chi connectivity index (χ1) is 17.1. The van der Waals surface area contributed by atoms with Crippen molar-refractivity contribution in [3.05, 3.63) is 104 Å². The van der Waals surface area contributed by atoms with E-state index in [4.69, 9.17) is 4.74 Å². The third kappa shape index (κ3) is 5.67. The molecule has 0 saturated heterocycles. The van der Waals surface area contributed by atoms with Crippen molar-refractivity contribution in [3.8, 4) is 0 Å². The molecule has 184 valence electrons. The van der Waals surface area contributed by atoms with Gasteiger partial charge in [0.05, 0.1) is 33.4 Å². The summed E-state index contributed by atoms with van der Waals surface area (Å²) in [4.78, 5) is 59.9. The first kappa shape index (κ1) is 25.5. The minimum atomic E-state index is -0.636. The number of rotatable bonds is 8. The van der Waals surface area contributed by atoms with Crippen LogP contribution in [0, 0.1) is 20.2 Å². The number of hydrogen-bond donors (Lipinski definition) is 1. The molecule has 0 spiro atoms. The summed E-state index contributed by atoms with van der Waals surface area (Å²) >= 11 is 0. The molecule has 0 radical (unpaired) electrons. The van der Waals surface area contributed by atoms with E-state index in [9.17, 15) is 34.6 Å². The molecular formula is C24H20N4O8. The second kappa shape index (κ2) is 10.9. The molecule has 3 rings (SSSR count). The van der Waals surface area contributed by atoms with Gasteiger partial charge in [0.1, 0.15) is 0 Å². The molecule has 1 N–H and O–H groups in total. The number of non-ortho nitro benzene ring substituents is 2. The predicted molar refractivity (Wildman–Crippen MR) is 129 cm³/mol. The highest BCUT2D eigenvalue weighted by atomic mass is 16.6. The van der Waals surface area contributed by atoms with E-state index in [0.717, 1.165) is 0 Å². The molecule has 0 aliphatic rings. The van der Waals surface area contributed by atoms with Crippen LogP contribution >= 0.6 is 0 Å². The van der Waals surface area contributed by atoms with Crippen molar-refractivity contribution < 1.29 is 29.0 Å². The number of carbonyl (C=O) groups excluding carboxylic acids is 3. The largest absolute Gasteiger partial charge is 0.462 e. The van der Waals surface area contributed by atoms with Crippen LogP contribution in [0.15, 0.2) is 66.7 Å². The van der Waals surface area contributed by atoms with Gasteiger partial charge >= 0.3 is 5.97 Å². The Morgan fingerprint density at radius 3 is 1.83 bits per heavy atom. The van der Waals surface area contributed by atoms with Gasteiger partial charge in [0, 0.05) is 42.4 Å². The Morgan fingerprint density at radius 1 is 0.833 bits per heavy atom. The monoisotopic (exact) mass is 492 g/mol. The van der Waals surface area contributed by atoms with Crippen LogP contribution in [0.1, 0.15) is 38.0 Å². The van der Waals surface area contributed by atoms with Crippen LogP contribution in [0.3, 0.4) is 0 Å². The summed E-state index contributed by atoms with van der Waals surface area (Å²) in [5.41, 5.74) is 0.350. The Balaban J connectivity index is 1.96. The maximum Gasteiger partial charge on any atom is 0.338 e. The van der Waals surface area contributed by atoms with E-state index in [1.54, 1.807) is 6.92 Å². The lowest BCUT2D eigenvalue weighted by molar-refractivity contribution is -0.385. The van der Waals surface area contributed by atoms with E-state index in [1.807, 2.05) is 0 Å². The Morgan fingerprint density at radius 2 is 1.33 bits per heavy atom. The molecule has 2 amide bonds. The van der Waals surface area contributed by atoms with Crippen LogP contribution in [-0.2, 0) is 4.74 Å². The van der Waals surface area contributed by atoms with Gasteiger partial charge in [-0.15, -0.1) is 0 Å². The zero-order valence-corrected chi connectivity index (χ0v) is 19.2. The van der Waals surface area contributed by atoms with Crippen LogP contribution in [0.4, 0.5) is 22.7 Å². The molecule has 0 aromatic heterocycles. The molecule has 0 unspecified atom stereocenters. The van der Waals surface area contributed by atoms with E-state index in [2.05, 4.69) is 5.32 Å². The number of benzene rings is 3. The number of nitrogens with one attached hydrogen (secondary N) is 1. The number of ether oxygens (including phenoxy) is 1. The van der Waals surface area contributed by atoms with Gasteiger partial charge in [0.15, 0.2) is 0 Å². The van der Waals surface area contributed by atoms with Crippen molar-refractivity contribution in [2.45, 2.75) is 6.92 Å². The maximum atomic E-state index is 13.1. The summed E-state index contributed by atoms with van der Waals surface area (Å²) in [7, 11) is 1.41. The quantitative estimate of drug-likeness (QED) is 0.278. The number of esters is 1. The van der Waals surface area contributed by atoms with Gasteiger partial charge in [-0.25, -0.2) is 4.79 Å². The molecular weight excluding hydrogens is 472 g/mol. The lowest BCUT2D eigenvalue weighted by Crippen LogP contribution is -2.28. The first-order valence-electron chi connectivity index (χ1n) is 10.5. The Bertz CT molecular complexity index is 1340. The fraction of sp³-hybridized carbons (Fsp3) is 0.125. The minimum Gasteiger partial charge on any atom is -0.462 e. The van der Waals surface area contributed by atoms with Gasteiger partial charge in [-0.3, -0.25) is 29.8 Å². The SMILES string of the molecule is CCOC(=O)c1ccc(NC(=O)c2ccc([N+](=O)[O-])cc2)c(N(C)C(=O)c2ccc([N+](=O)[O-])cc2)c1. The minimum absolute atomic E-state index is 0.128. The molecule has 0 heterocycles. The standard InChI is InChI=1S/C24H20N4O8/c1-3-36-24(31)17-8-13-20(25-22(29)15-4-9-18(10-5-15)27(32)33)21(14-17)26(2)23(30)16-6-11-19(12-7-16)28(34)35/h4-14H,3H2,1-2H3,(H,25,29). The maximum absolute atomic E-state index is 13.1. The van der Waals surface area contributed by atoms with Gasteiger partial charge in [-0.05, 0) is 49.4 Å². The smallest absolute Gasteiger partial charge is 0.338 e. The fourth-order valence-corrected chi connectivity index (χ4v) is 3.21. The molecule has 3 aromatic carbocycles. The van der Waals surface area contributed by atoms with Crippen molar-refractivity contribution in [3.63, 3.8) is 0 Å². The molecule has 0 bridgehead atoms. The summed E-state index contributed by atoms with van der Waals surface area (Å²) < 4.78 is 5.02. The predicted octanol–water partition coefficient (Wildman–Crippen LogP) is 4.21. The van der Waals surface area contributed by atoms with Crippen LogP contribution in [0.25, 0.3) is 0 Å². The second-order valence-corrected chi connectivity index (χ2v) is 7.38. The Kier molecular flexibility index (Phi) is 7.69. The number of nitro groups is 2. The van der Waals surface area contributed by atoms with Gasteiger partial charge in [0.25, 0.3) is 23.2 Å². The van der Waals surface area contributed by atoms with Gasteiger partial charge in [-0.1, -0.05) is 0 Å². The van der Waals surface area contributed by atoms with Crippen LogP contribution in [0.5, 0.6) is 0 Å². The molecule has 36 heavy (non-hydrogen) atoms. The molecule has 0 aliphatic carbocycles. The Labute approximate surface area is 204 Å². The van der Waals surface area contributed by atoms with Crippen molar-refractivity contribution in [1.29, 1.82) is 0 Å². The zero-order chi connectivity index (χ0) is 26.4. The molecule has 12 heteroatoms. The molecule has 3 aromatic rings. The van der Waals surface area contributed by atoms with Gasteiger partial charge < -0.3 is 15.0 Å². The highest BCUT2D eigenvalue weighted by molar-refractivity contribution is 6.11. The number of hydrogen-bond acceptors (Lipinski definition) is 8. The van der Waals surface area contributed by atoms with E-state index in [1.165, 1.54) is 78.7 Å². The van der Waals surface area contributed by atoms with Crippen LogP contribution < -0.4 is 10.2 Å². The van der Waals surface area contributed by atoms with E-state index < -0.39 is 27.6 Å². The third-order valence-electron chi connectivity index (χ3n) is 5.09. The Hall–Kier alpha value is -5.13. The van der Waals surface area contributed by atoms with Crippen LogP contribution in [-0.4, -0.2) is 41.3 Å². The first-order valence-corrected chi connectivity index (χ1v) is 10.5. The lowest BCUT2D eigenvalue weighted by atomic mass is 10.1. The molecule has 12 nitrogen and oxygen atoms in total. The van der Waals surface area contributed by atoms with Crippen molar-refractivity contribution in [1.82, 2.24) is 0 Å². The van der Waals surface area contributed by atoms with E-state index in [0.29, 0.717) is 0 Å². The van der Waals surface area contributed by atoms with E-state index in [-0.39, 0.29) is 46.0 Å². The summed E-state index contributed by atoms with van der Waals surface area (Å²) in [5.74, 6) is -1.80. The number of carbonyl (C=O) groups is 3. The average molecular weight is 492 g/mol. The highest BCUT2D eigenvalue weighted by Gasteiger charge is 2.21. The lowest BCUT2D eigenvalue weighted by Gasteiger charge is -2.22. The average Bonchev–Trinajstić information content (AvgIpc) is 2.88. The van der Waals surface area contributed by atoms with E-state index >= 15 is 0 Å². The molecule has 0 saturated carbocycles. The summed E-state index contributed by atoms with van der Waals surface area (Å²) in [5, 5.41) is 24.4. The molecule has 0 atom stereocenters. The normalized spacial score (nSPS) is 10.3. The molecule has 0 fully saturated rings. The number of anilines is 2. The summed E-state index contributed by atoms with van der Waals surface area (Å²) in [6, 6.07) is 14.1. The number of amides is 2. The van der Waals surface area contributed by atoms with Gasteiger partial charge in [0.2, 0.25) is 0 Å². The third-order valence-corrected chi connectivity index (χ3v) is 5.09. The van der Waals surface area contributed by atoms with Crippen molar-refractivity contribution >= 4 is 40.5 Å². The highest BCUT2D eigenvalue weighted by Crippen LogP contribution is 2.29. The van der Waals surface area contributed by atoms with Crippen molar-refractivity contribution in [2.24, 2.45) is 0 Å². The van der Waals surface area contributed by atoms with Crippen LogP contribution in [0.2, 0.25) is 0 Å². The molecule has 0 aliphatic heterocycles. The number of nitro benzene ring substituents is 2. The summed E-state index contributed by atoms with van der Waals surface area (Å²) in [6.45, 7) is 1.77. The van der Waals surface area contributed by atoms with Gasteiger partial charge in [-0.2, -0.15) is 0 Å².